The number of hydrogen-bond acceptors (Lipinski definition) is 3. The van der Waals surface area contributed by atoms with Gasteiger partial charge >= 0.3 is 0 Å². The second-order valence-electron chi connectivity index (χ2n) is 5.63. The van der Waals surface area contributed by atoms with E-state index in [1.165, 1.54) is 12.1 Å². The predicted molar refractivity (Wildman–Crippen MR) is 81.7 cm³/mol. The maximum Gasteiger partial charge on any atom is 0.222 e. The van der Waals surface area contributed by atoms with Gasteiger partial charge in [0.15, 0.2) is 9.84 Å². The van der Waals surface area contributed by atoms with Crippen molar-refractivity contribution in [1.82, 2.24) is 9.88 Å². The van der Waals surface area contributed by atoms with E-state index in [0.717, 1.165) is 10.9 Å². The van der Waals surface area contributed by atoms with E-state index in [0.29, 0.717) is 13.0 Å². The molecule has 22 heavy (non-hydrogen) atoms. The van der Waals surface area contributed by atoms with Crippen molar-refractivity contribution in [3.63, 3.8) is 0 Å². The van der Waals surface area contributed by atoms with Gasteiger partial charge in [-0.05, 0) is 36.1 Å². The summed E-state index contributed by atoms with van der Waals surface area (Å²) >= 11 is 0. The van der Waals surface area contributed by atoms with Crippen LogP contribution in [-0.2, 0) is 21.2 Å². The number of aromatic nitrogens is 1. The molecule has 0 saturated carbocycles. The second kappa shape index (κ2) is 5.72. The topological polar surface area (TPSA) is 68.2 Å². The van der Waals surface area contributed by atoms with Gasteiger partial charge in [0.05, 0.1) is 17.0 Å². The molecule has 1 aliphatic rings. The Hall–Kier alpha value is -1.89. The van der Waals surface area contributed by atoms with Crippen LogP contribution in [0.25, 0.3) is 10.9 Å². The number of carbonyl (C=O) groups excluding carboxylic acids is 1. The summed E-state index contributed by atoms with van der Waals surface area (Å²) in [4.78, 5) is 11.9. The lowest BCUT2D eigenvalue weighted by molar-refractivity contribution is -0.121. The molecule has 1 atom stereocenters. The fourth-order valence-corrected chi connectivity index (χ4v) is 4.46. The number of nitrogens with zero attached hydrogens (tertiary/aromatic N) is 1. The monoisotopic (exact) mass is 324 g/mol. The van der Waals surface area contributed by atoms with Crippen molar-refractivity contribution in [2.75, 3.05) is 11.5 Å². The fraction of sp³-hybridized carbons (Fsp3) is 0.400. The number of aryl methyl sites for hydroxylation is 1. The first-order valence-electron chi connectivity index (χ1n) is 7.17. The molecule has 1 fully saturated rings. The van der Waals surface area contributed by atoms with Crippen LogP contribution in [0.15, 0.2) is 30.5 Å². The summed E-state index contributed by atoms with van der Waals surface area (Å²) in [6, 6.07) is 6.13. The summed E-state index contributed by atoms with van der Waals surface area (Å²) in [5.41, 5.74) is 0.747. The van der Waals surface area contributed by atoms with E-state index >= 15 is 0 Å². The maximum absolute atomic E-state index is 13.3. The molecule has 2 heterocycles. The third-order valence-corrected chi connectivity index (χ3v) is 5.68. The highest BCUT2D eigenvalue weighted by Gasteiger charge is 2.28. The second-order valence-corrected chi connectivity index (χ2v) is 7.86. The summed E-state index contributed by atoms with van der Waals surface area (Å²) in [6.07, 6.45) is 2.53. The Morgan fingerprint density at radius 2 is 2.18 bits per heavy atom. The smallest absolute Gasteiger partial charge is 0.222 e. The quantitative estimate of drug-likeness (QED) is 0.926. The van der Waals surface area contributed by atoms with Gasteiger partial charge in [0.1, 0.15) is 5.82 Å². The van der Waals surface area contributed by atoms with Crippen molar-refractivity contribution in [1.29, 1.82) is 0 Å². The van der Waals surface area contributed by atoms with Crippen molar-refractivity contribution in [2.45, 2.75) is 25.4 Å². The average Bonchev–Trinajstić information content (AvgIpc) is 2.99. The highest BCUT2D eigenvalue weighted by atomic mass is 32.2. The molecule has 1 saturated heterocycles. The highest BCUT2D eigenvalue weighted by molar-refractivity contribution is 7.91. The van der Waals surface area contributed by atoms with Crippen molar-refractivity contribution in [3.05, 3.63) is 36.3 Å². The van der Waals surface area contributed by atoms with Crippen LogP contribution in [0.1, 0.15) is 12.8 Å². The Kier molecular flexibility index (Phi) is 3.90. The first-order chi connectivity index (χ1) is 10.4. The molecule has 1 aromatic carbocycles. The van der Waals surface area contributed by atoms with Gasteiger partial charge in [-0.2, -0.15) is 0 Å². The molecule has 0 aliphatic carbocycles. The van der Waals surface area contributed by atoms with Crippen molar-refractivity contribution < 1.29 is 17.6 Å². The lowest BCUT2D eigenvalue weighted by atomic mass is 10.2. The lowest BCUT2D eigenvalue weighted by Crippen LogP contribution is -2.35. The van der Waals surface area contributed by atoms with Gasteiger partial charge in [-0.1, -0.05) is 0 Å². The molecule has 1 amide bonds. The first kappa shape index (κ1) is 15.0. The van der Waals surface area contributed by atoms with E-state index < -0.39 is 9.84 Å². The summed E-state index contributed by atoms with van der Waals surface area (Å²) < 4.78 is 37.8. The third kappa shape index (κ3) is 3.30. The normalized spacial score (nSPS) is 20.3. The summed E-state index contributed by atoms with van der Waals surface area (Å²) in [7, 11) is -2.99. The van der Waals surface area contributed by atoms with Gasteiger partial charge < -0.3 is 9.88 Å². The number of hydrogen-bond donors (Lipinski definition) is 1. The zero-order valence-corrected chi connectivity index (χ0v) is 12.8. The number of fused-ring (bicyclic) bond motifs is 1. The zero-order chi connectivity index (χ0) is 15.7. The van der Waals surface area contributed by atoms with E-state index in [2.05, 4.69) is 5.32 Å². The standard InChI is InChI=1S/C15H17FN2O3S/c16-12-2-1-11-3-6-18(14(11)9-12)7-4-15(19)17-13-5-8-22(20,21)10-13/h1-3,6,9,13H,4-5,7-8,10H2,(H,17,19). The molecule has 5 nitrogen and oxygen atoms in total. The van der Waals surface area contributed by atoms with Crippen LogP contribution >= 0.6 is 0 Å². The van der Waals surface area contributed by atoms with Crippen LogP contribution in [0.3, 0.4) is 0 Å². The molecule has 0 bridgehead atoms. The van der Waals surface area contributed by atoms with Crippen LogP contribution in [0.5, 0.6) is 0 Å². The minimum atomic E-state index is -2.99. The molecule has 0 radical (unpaired) electrons. The Labute approximate surface area is 128 Å². The van der Waals surface area contributed by atoms with Crippen LogP contribution < -0.4 is 5.32 Å². The van der Waals surface area contributed by atoms with Crippen LogP contribution in [0, 0.1) is 5.82 Å². The molecule has 7 heteroatoms. The number of rotatable bonds is 4. The Morgan fingerprint density at radius 1 is 1.36 bits per heavy atom. The van der Waals surface area contributed by atoms with Gasteiger partial charge in [0, 0.05) is 25.2 Å². The molecule has 0 spiro atoms. The molecule has 3 rings (SSSR count). The molecule has 1 unspecified atom stereocenters. The summed E-state index contributed by atoms with van der Waals surface area (Å²) in [5.74, 6) is -0.330. The van der Waals surface area contributed by atoms with Crippen LogP contribution in [0.4, 0.5) is 4.39 Å². The molecule has 118 valence electrons. The molecule has 2 aromatic rings. The third-order valence-electron chi connectivity index (χ3n) is 3.91. The van der Waals surface area contributed by atoms with E-state index in [1.807, 2.05) is 16.8 Å². The van der Waals surface area contributed by atoms with Crippen LogP contribution in [-0.4, -0.2) is 36.4 Å². The van der Waals surface area contributed by atoms with Gasteiger partial charge in [-0.3, -0.25) is 4.79 Å². The molecule has 1 aliphatic heterocycles. The Balaban J connectivity index is 1.59. The minimum absolute atomic E-state index is 0.0242. The van der Waals surface area contributed by atoms with Crippen molar-refractivity contribution in [2.24, 2.45) is 0 Å². The van der Waals surface area contributed by atoms with Gasteiger partial charge in [-0.15, -0.1) is 0 Å². The number of amides is 1. The minimum Gasteiger partial charge on any atom is -0.352 e. The van der Waals surface area contributed by atoms with E-state index in [4.69, 9.17) is 0 Å². The number of halogens is 1. The van der Waals surface area contributed by atoms with Gasteiger partial charge in [0.2, 0.25) is 5.91 Å². The Morgan fingerprint density at radius 3 is 2.91 bits per heavy atom. The summed E-state index contributed by atoms with van der Waals surface area (Å²) in [6.45, 7) is 0.429. The first-order valence-corrected chi connectivity index (χ1v) is 8.99. The average molecular weight is 324 g/mol. The highest BCUT2D eigenvalue weighted by Crippen LogP contribution is 2.17. The predicted octanol–water partition coefficient (Wildman–Crippen LogP) is 1.47. The van der Waals surface area contributed by atoms with E-state index in [-0.39, 0.29) is 35.7 Å². The number of sulfone groups is 1. The van der Waals surface area contributed by atoms with Gasteiger partial charge in [0.25, 0.3) is 0 Å². The number of nitrogens with one attached hydrogen (secondary N) is 1. The largest absolute Gasteiger partial charge is 0.352 e. The summed E-state index contributed by atoms with van der Waals surface area (Å²) in [5, 5.41) is 3.67. The van der Waals surface area contributed by atoms with Crippen molar-refractivity contribution >= 4 is 26.6 Å². The molecule has 1 aromatic heterocycles. The molecular weight excluding hydrogens is 307 g/mol. The van der Waals surface area contributed by atoms with Crippen molar-refractivity contribution in [3.8, 4) is 0 Å². The van der Waals surface area contributed by atoms with E-state index in [1.54, 1.807) is 6.07 Å². The van der Waals surface area contributed by atoms with Gasteiger partial charge in [-0.25, -0.2) is 12.8 Å². The number of benzene rings is 1. The van der Waals surface area contributed by atoms with Crippen LogP contribution in [0.2, 0.25) is 0 Å². The fourth-order valence-electron chi connectivity index (χ4n) is 2.78. The lowest BCUT2D eigenvalue weighted by Gasteiger charge is -2.11. The zero-order valence-electron chi connectivity index (χ0n) is 12.0. The number of carbonyl (C=O) groups is 1. The Bertz CT molecular complexity index is 813. The van der Waals surface area contributed by atoms with E-state index in [9.17, 15) is 17.6 Å². The SMILES string of the molecule is O=C(CCn1ccc2ccc(F)cc21)NC1CCS(=O)(=O)C1. The molecule has 1 N–H and O–H groups in total. The maximum atomic E-state index is 13.3. The molecular formula is C15H17FN2O3S.